The lowest BCUT2D eigenvalue weighted by molar-refractivity contribution is 1.11. The van der Waals surface area contributed by atoms with E-state index in [1.165, 1.54) is 15.6 Å². The van der Waals surface area contributed by atoms with E-state index in [9.17, 15) is 0 Å². The van der Waals surface area contributed by atoms with E-state index in [-0.39, 0.29) is 0 Å². The molecule has 0 fully saturated rings. The van der Waals surface area contributed by atoms with Crippen LogP contribution in [0.3, 0.4) is 0 Å². The summed E-state index contributed by atoms with van der Waals surface area (Å²) in [5, 5.41) is 7.10. The van der Waals surface area contributed by atoms with Crippen LogP contribution in [-0.4, -0.2) is 4.98 Å². The number of anilines is 1. The van der Waals surface area contributed by atoms with Gasteiger partial charge >= 0.3 is 0 Å². The highest BCUT2D eigenvalue weighted by Gasteiger charge is 2.04. The Hall–Kier alpha value is -1.39. The molecule has 0 radical (unpaired) electrons. The minimum Gasteiger partial charge on any atom is -0.380 e. The average molecular weight is 347 g/mol. The maximum absolute atomic E-state index is 4.46. The molecule has 4 heteroatoms. The molecule has 2 aromatic carbocycles. The Bertz CT molecular complexity index is 764. The fourth-order valence-corrected chi connectivity index (χ4v) is 3.50. The van der Waals surface area contributed by atoms with E-state index in [1.54, 1.807) is 11.3 Å². The Balaban J connectivity index is 1.81. The van der Waals surface area contributed by atoms with Gasteiger partial charge in [0.2, 0.25) is 0 Å². The van der Waals surface area contributed by atoms with Crippen molar-refractivity contribution < 1.29 is 0 Å². The molecule has 20 heavy (non-hydrogen) atoms. The zero-order valence-corrected chi connectivity index (χ0v) is 13.8. The van der Waals surface area contributed by atoms with Crippen molar-refractivity contribution in [3.63, 3.8) is 0 Å². The summed E-state index contributed by atoms with van der Waals surface area (Å²) in [4.78, 5) is 5.76. The average Bonchev–Trinajstić information content (AvgIpc) is 2.74. The molecule has 0 saturated carbocycles. The molecule has 0 bridgehead atoms. The largest absolute Gasteiger partial charge is 0.380 e. The molecular formula is C16H15BrN2S. The SMILES string of the molecule is Cc1nc(C)c(CNc2ccc3cc(Br)ccc3c2)s1. The lowest BCUT2D eigenvalue weighted by Gasteiger charge is -2.07. The lowest BCUT2D eigenvalue weighted by Crippen LogP contribution is -1.98. The number of aryl methyl sites for hydroxylation is 2. The van der Waals surface area contributed by atoms with Crippen molar-refractivity contribution in [2.75, 3.05) is 5.32 Å². The number of benzene rings is 2. The fraction of sp³-hybridized carbons (Fsp3) is 0.188. The number of nitrogens with zero attached hydrogens (tertiary/aromatic N) is 1. The van der Waals surface area contributed by atoms with E-state index in [4.69, 9.17) is 0 Å². The summed E-state index contributed by atoms with van der Waals surface area (Å²) in [5.41, 5.74) is 2.27. The molecule has 0 amide bonds. The van der Waals surface area contributed by atoms with Crippen molar-refractivity contribution >= 4 is 43.7 Å². The molecule has 2 nitrogen and oxygen atoms in total. The van der Waals surface area contributed by atoms with Gasteiger partial charge in [-0.05, 0) is 48.9 Å². The molecule has 3 rings (SSSR count). The predicted molar refractivity (Wildman–Crippen MR) is 90.6 cm³/mol. The maximum Gasteiger partial charge on any atom is 0.0900 e. The first-order valence-corrected chi connectivity index (χ1v) is 8.09. The van der Waals surface area contributed by atoms with E-state index in [2.05, 4.69) is 76.5 Å². The van der Waals surface area contributed by atoms with E-state index in [1.807, 2.05) is 0 Å². The summed E-state index contributed by atoms with van der Waals surface area (Å²) in [5.74, 6) is 0. The Kier molecular flexibility index (Phi) is 3.76. The van der Waals surface area contributed by atoms with Gasteiger partial charge in [0.15, 0.2) is 0 Å². The molecule has 0 aliphatic carbocycles. The van der Waals surface area contributed by atoms with Gasteiger partial charge < -0.3 is 5.32 Å². The molecule has 1 heterocycles. The summed E-state index contributed by atoms with van der Waals surface area (Å²) in [6.45, 7) is 4.95. The van der Waals surface area contributed by atoms with Crippen molar-refractivity contribution in [2.45, 2.75) is 20.4 Å². The number of halogens is 1. The van der Waals surface area contributed by atoms with Gasteiger partial charge in [-0.2, -0.15) is 0 Å². The van der Waals surface area contributed by atoms with Gasteiger partial charge in [-0.1, -0.05) is 28.1 Å². The Morgan fingerprint density at radius 2 is 1.85 bits per heavy atom. The van der Waals surface area contributed by atoms with Crippen molar-refractivity contribution in [3.05, 3.63) is 56.4 Å². The number of aromatic nitrogens is 1. The van der Waals surface area contributed by atoms with Crippen LogP contribution < -0.4 is 5.32 Å². The monoisotopic (exact) mass is 346 g/mol. The lowest BCUT2D eigenvalue weighted by atomic mass is 10.1. The second kappa shape index (κ2) is 5.54. The number of fused-ring (bicyclic) bond motifs is 1. The van der Waals surface area contributed by atoms with E-state index >= 15 is 0 Å². The standard InChI is InChI=1S/C16H15BrN2S/c1-10-16(20-11(2)19-10)9-18-15-6-4-12-7-14(17)5-3-13(12)8-15/h3-8,18H,9H2,1-2H3. The Morgan fingerprint density at radius 1 is 1.10 bits per heavy atom. The molecule has 0 saturated heterocycles. The van der Waals surface area contributed by atoms with Crippen LogP contribution in [-0.2, 0) is 6.54 Å². The molecule has 0 spiro atoms. The van der Waals surface area contributed by atoms with Gasteiger partial charge in [0, 0.05) is 15.0 Å². The highest BCUT2D eigenvalue weighted by Crippen LogP contribution is 2.24. The van der Waals surface area contributed by atoms with Crippen LogP contribution in [0.25, 0.3) is 10.8 Å². The molecule has 1 aromatic heterocycles. The van der Waals surface area contributed by atoms with Crippen molar-refractivity contribution in [1.29, 1.82) is 0 Å². The molecule has 3 aromatic rings. The van der Waals surface area contributed by atoms with Crippen LogP contribution in [0, 0.1) is 13.8 Å². The zero-order valence-electron chi connectivity index (χ0n) is 11.4. The second-order valence-electron chi connectivity index (χ2n) is 4.80. The predicted octanol–water partition coefficient (Wildman–Crippen LogP) is 5.29. The highest BCUT2D eigenvalue weighted by atomic mass is 79.9. The summed E-state index contributed by atoms with van der Waals surface area (Å²) in [6, 6.07) is 12.8. The number of hydrogen-bond donors (Lipinski definition) is 1. The summed E-state index contributed by atoms with van der Waals surface area (Å²) in [6.07, 6.45) is 0. The van der Waals surface area contributed by atoms with E-state index < -0.39 is 0 Å². The molecule has 0 aliphatic rings. The normalized spacial score (nSPS) is 10.9. The van der Waals surface area contributed by atoms with Crippen LogP contribution in [0.5, 0.6) is 0 Å². The zero-order chi connectivity index (χ0) is 14.1. The molecule has 0 aliphatic heterocycles. The summed E-state index contributed by atoms with van der Waals surface area (Å²) < 4.78 is 1.11. The summed E-state index contributed by atoms with van der Waals surface area (Å²) >= 11 is 5.26. The van der Waals surface area contributed by atoms with Gasteiger partial charge in [-0.3, -0.25) is 0 Å². The number of nitrogens with one attached hydrogen (secondary N) is 1. The van der Waals surface area contributed by atoms with Crippen LogP contribution in [0.4, 0.5) is 5.69 Å². The molecule has 1 N–H and O–H groups in total. The first-order valence-electron chi connectivity index (χ1n) is 6.48. The Labute approximate surface area is 131 Å². The van der Waals surface area contributed by atoms with Crippen molar-refractivity contribution in [3.8, 4) is 0 Å². The minimum atomic E-state index is 0.833. The fourth-order valence-electron chi connectivity index (χ4n) is 2.25. The van der Waals surface area contributed by atoms with E-state index in [0.29, 0.717) is 0 Å². The number of thiazole rings is 1. The van der Waals surface area contributed by atoms with Crippen LogP contribution in [0.15, 0.2) is 40.9 Å². The molecule has 0 atom stereocenters. The molecule has 0 unspecified atom stereocenters. The second-order valence-corrected chi connectivity index (χ2v) is 7.00. The number of rotatable bonds is 3. The smallest absolute Gasteiger partial charge is 0.0900 e. The molecule has 102 valence electrons. The van der Waals surface area contributed by atoms with Gasteiger partial charge in [0.1, 0.15) is 0 Å². The Morgan fingerprint density at radius 3 is 2.60 bits per heavy atom. The third kappa shape index (κ3) is 2.86. The first kappa shape index (κ1) is 13.6. The van der Waals surface area contributed by atoms with Crippen LogP contribution >= 0.6 is 27.3 Å². The first-order chi connectivity index (χ1) is 9.61. The van der Waals surface area contributed by atoms with Gasteiger partial charge in [0.25, 0.3) is 0 Å². The van der Waals surface area contributed by atoms with E-state index in [0.717, 1.165) is 27.4 Å². The van der Waals surface area contributed by atoms with Crippen molar-refractivity contribution in [2.24, 2.45) is 0 Å². The molecular weight excluding hydrogens is 332 g/mol. The minimum absolute atomic E-state index is 0.833. The van der Waals surface area contributed by atoms with Gasteiger partial charge in [0.05, 0.1) is 17.2 Å². The third-order valence-electron chi connectivity index (χ3n) is 3.25. The third-order valence-corrected chi connectivity index (χ3v) is 4.82. The highest BCUT2D eigenvalue weighted by molar-refractivity contribution is 9.10. The van der Waals surface area contributed by atoms with Gasteiger partial charge in [-0.25, -0.2) is 4.98 Å². The number of hydrogen-bond acceptors (Lipinski definition) is 3. The van der Waals surface area contributed by atoms with Crippen molar-refractivity contribution in [1.82, 2.24) is 4.98 Å². The quantitative estimate of drug-likeness (QED) is 0.697. The van der Waals surface area contributed by atoms with Crippen LogP contribution in [0.1, 0.15) is 15.6 Å². The maximum atomic E-state index is 4.46. The van der Waals surface area contributed by atoms with Crippen LogP contribution in [0.2, 0.25) is 0 Å². The summed E-state index contributed by atoms with van der Waals surface area (Å²) in [7, 11) is 0. The topological polar surface area (TPSA) is 24.9 Å². The van der Waals surface area contributed by atoms with Gasteiger partial charge in [-0.15, -0.1) is 11.3 Å².